The fourth-order valence-electron chi connectivity index (χ4n) is 3.82. The van der Waals surface area contributed by atoms with Crippen molar-refractivity contribution in [3.05, 3.63) is 95.7 Å². The molecule has 0 aliphatic rings. The first-order valence-electron chi connectivity index (χ1n) is 9.58. The lowest BCUT2D eigenvalue weighted by Gasteiger charge is -2.14. The van der Waals surface area contributed by atoms with Crippen molar-refractivity contribution in [1.29, 1.82) is 0 Å². The summed E-state index contributed by atoms with van der Waals surface area (Å²) in [6, 6.07) is 28.4. The summed E-state index contributed by atoms with van der Waals surface area (Å²) in [7, 11) is 0. The van der Waals surface area contributed by atoms with Gasteiger partial charge in [-0.05, 0) is 50.1 Å². The van der Waals surface area contributed by atoms with Crippen LogP contribution in [0.3, 0.4) is 0 Å². The average Bonchev–Trinajstić information content (AvgIpc) is 3.01. The van der Waals surface area contributed by atoms with Crippen molar-refractivity contribution < 1.29 is 0 Å². The normalized spacial score (nSPS) is 11.7. The van der Waals surface area contributed by atoms with Crippen LogP contribution in [0.1, 0.15) is 36.7 Å². The van der Waals surface area contributed by atoms with E-state index < -0.39 is 0 Å². The molecule has 4 rings (SSSR count). The number of aryl methyl sites for hydroxylation is 1. The Balaban J connectivity index is 2.02. The van der Waals surface area contributed by atoms with Crippen molar-refractivity contribution in [2.45, 2.75) is 26.8 Å². The molecule has 0 saturated heterocycles. The third kappa shape index (κ3) is 3.33. The lowest BCUT2D eigenvalue weighted by Crippen LogP contribution is -2.02. The van der Waals surface area contributed by atoms with Gasteiger partial charge in [-0.15, -0.1) is 0 Å². The molecular formula is C26H25N. The number of hydrogen-bond acceptors (Lipinski definition) is 0. The standard InChI is InChI=1S/C26H25N/c1-19(2)27-24-16-14-20(3)18-23(24)26(22-12-8-5-9-13-22)25(27)17-15-21-10-6-4-7-11-21/h4-19H,1-3H3/b17-15+. The first kappa shape index (κ1) is 17.4. The molecule has 0 aliphatic carbocycles. The Morgan fingerprint density at radius 3 is 2.11 bits per heavy atom. The number of fused-ring (bicyclic) bond motifs is 1. The fourth-order valence-corrected chi connectivity index (χ4v) is 3.82. The van der Waals surface area contributed by atoms with E-state index in [0.717, 1.165) is 0 Å². The van der Waals surface area contributed by atoms with Crippen molar-refractivity contribution in [2.75, 3.05) is 0 Å². The van der Waals surface area contributed by atoms with Gasteiger partial charge in [-0.1, -0.05) is 78.4 Å². The molecule has 27 heavy (non-hydrogen) atoms. The van der Waals surface area contributed by atoms with Crippen LogP contribution in [-0.2, 0) is 0 Å². The van der Waals surface area contributed by atoms with Gasteiger partial charge in [0.25, 0.3) is 0 Å². The van der Waals surface area contributed by atoms with Gasteiger partial charge in [0.2, 0.25) is 0 Å². The molecule has 0 bridgehead atoms. The van der Waals surface area contributed by atoms with E-state index in [1.165, 1.54) is 38.9 Å². The second-order valence-corrected chi connectivity index (χ2v) is 7.35. The molecule has 0 saturated carbocycles. The maximum Gasteiger partial charge on any atom is 0.0500 e. The molecule has 0 N–H and O–H groups in total. The molecule has 0 unspecified atom stereocenters. The Bertz CT molecular complexity index is 1080. The maximum atomic E-state index is 2.45. The van der Waals surface area contributed by atoms with Crippen LogP contribution in [0.2, 0.25) is 0 Å². The second-order valence-electron chi connectivity index (χ2n) is 7.35. The Hall–Kier alpha value is -3.06. The monoisotopic (exact) mass is 351 g/mol. The average molecular weight is 351 g/mol. The van der Waals surface area contributed by atoms with Crippen LogP contribution < -0.4 is 0 Å². The highest BCUT2D eigenvalue weighted by Crippen LogP contribution is 2.38. The van der Waals surface area contributed by atoms with Crippen molar-refractivity contribution in [3.63, 3.8) is 0 Å². The van der Waals surface area contributed by atoms with E-state index in [2.05, 4.69) is 116 Å². The van der Waals surface area contributed by atoms with E-state index >= 15 is 0 Å². The van der Waals surface area contributed by atoms with Gasteiger partial charge in [-0.3, -0.25) is 0 Å². The SMILES string of the molecule is Cc1ccc2c(c1)c(-c1ccccc1)c(/C=C/c1ccccc1)n2C(C)C. The van der Waals surface area contributed by atoms with Crippen LogP contribution in [-0.4, -0.2) is 4.57 Å². The lowest BCUT2D eigenvalue weighted by atomic mass is 10.0. The molecule has 0 fully saturated rings. The molecule has 1 heterocycles. The van der Waals surface area contributed by atoms with Crippen molar-refractivity contribution in [1.82, 2.24) is 4.57 Å². The van der Waals surface area contributed by atoms with Gasteiger partial charge < -0.3 is 4.57 Å². The molecule has 0 amide bonds. The number of hydrogen-bond donors (Lipinski definition) is 0. The predicted octanol–water partition coefficient (Wildman–Crippen LogP) is 7.37. The summed E-state index contributed by atoms with van der Waals surface area (Å²) < 4.78 is 2.45. The zero-order chi connectivity index (χ0) is 18.8. The van der Waals surface area contributed by atoms with Gasteiger partial charge in [-0.2, -0.15) is 0 Å². The van der Waals surface area contributed by atoms with Gasteiger partial charge >= 0.3 is 0 Å². The minimum Gasteiger partial charge on any atom is -0.338 e. The van der Waals surface area contributed by atoms with E-state index in [-0.39, 0.29) is 0 Å². The zero-order valence-corrected chi connectivity index (χ0v) is 16.2. The quantitative estimate of drug-likeness (QED) is 0.362. The van der Waals surface area contributed by atoms with E-state index in [1.807, 2.05) is 0 Å². The fraction of sp³-hybridized carbons (Fsp3) is 0.154. The first-order valence-corrected chi connectivity index (χ1v) is 9.58. The van der Waals surface area contributed by atoms with Crippen molar-refractivity contribution >= 4 is 23.1 Å². The van der Waals surface area contributed by atoms with Crippen LogP contribution in [0.15, 0.2) is 78.9 Å². The van der Waals surface area contributed by atoms with Gasteiger partial charge in [0.05, 0.1) is 0 Å². The smallest absolute Gasteiger partial charge is 0.0500 e. The molecule has 1 aromatic heterocycles. The highest BCUT2D eigenvalue weighted by molar-refractivity contribution is 6.02. The summed E-state index contributed by atoms with van der Waals surface area (Å²) >= 11 is 0. The summed E-state index contributed by atoms with van der Waals surface area (Å²) in [5.41, 5.74) is 7.64. The van der Waals surface area contributed by atoms with Crippen LogP contribution in [0.5, 0.6) is 0 Å². The van der Waals surface area contributed by atoms with Gasteiger partial charge in [0.1, 0.15) is 0 Å². The summed E-state index contributed by atoms with van der Waals surface area (Å²) in [5, 5.41) is 1.32. The third-order valence-electron chi connectivity index (χ3n) is 5.01. The number of benzene rings is 3. The third-order valence-corrected chi connectivity index (χ3v) is 5.01. The van der Waals surface area contributed by atoms with Crippen LogP contribution in [0.25, 0.3) is 34.2 Å². The Morgan fingerprint density at radius 1 is 0.778 bits per heavy atom. The molecule has 4 aromatic rings. The Labute approximate surface area is 161 Å². The topological polar surface area (TPSA) is 4.93 Å². The number of rotatable bonds is 4. The molecule has 1 nitrogen and oxygen atoms in total. The summed E-state index contributed by atoms with van der Waals surface area (Å²) in [6.07, 6.45) is 4.49. The first-order chi connectivity index (χ1) is 13.1. The van der Waals surface area contributed by atoms with Crippen LogP contribution in [0, 0.1) is 6.92 Å². The highest BCUT2D eigenvalue weighted by atomic mass is 15.0. The van der Waals surface area contributed by atoms with E-state index in [0.29, 0.717) is 6.04 Å². The largest absolute Gasteiger partial charge is 0.338 e. The molecule has 0 aliphatic heterocycles. The summed E-state index contributed by atoms with van der Waals surface area (Å²) in [5.74, 6) is 0. The minimum absolute atomic E-state index is 0.378. The lowest BCUT2D eigenvalue weighted by molar-refractivity contribution is 0.619. The molecule has 134 valence electrons. The van der Waals surface area contributed by atoms with Crippen molar-refractivity contribution in [2.24, 2.45) is 0 Å². The minimum atomic E-state index is 0.378. The number of nitrogens with zero attached hydrogens (tertiary/aromatic N) is 1. The molecule has 3 aromatic carbocycles. The highest BCUT2D eigenvalue weighted by Gasteiger charge is 2.18. The van der Waals surface area contributed by atoms with E-state index in [4.69, 9.17) is 0 Å². The second kappa shape index (κ2) is 7.28. The summed E-state index contributed by atoms with van der Waals surface area (Å²) in [6.45, 7) is 6.68. The Kier molecular flexibility index (Phi) is 4.68. The molecular weight excluding hydrogens is 326 g/mol. The van der Waals surface area contributed by atoms with Crippen LogP contribution in [0.4, 0.5) is 0 Å². The molecule has 0 radical (unpaired) electrons. The zero-order valence-electron chi connectivity index (χ0n) is 16.2. The molecule has 0 atom stereocenters. The summed E-state index contributed by atoms with van der Waals surface area (Å²) in [4.78, 5) is 0. The van der Waals surface area contributed by atoms with Gasteiger partial charge in [0.15, 0.2) is 0 Å². The molecule has 0 spiro atoms. The van der Waals surface area contributed by atoms with E-state index in [1.54, 1.807) is 0 Å². The maximum absolute atomic E-state index is 2.45. The van der Waals surface area contributed by atoms with E-state index in [9.17, 15) is 0 Å². The Morgan fingerprint density at radius 2 is 1.44 bits per heavy atom. The van der Waals surface area contributed by atoms with Crippen LogP contribution >= 0.6 is 0 Å². The van der Waals surface area contributed by atoms with Gasteiger partial charge in [-0.25, -0.2) is 0 Å². The molecule has 1 heteroatoms. The predicted molar refractivity (Wildman–Crippen MR) is 118 cm³/mol. The number of aromatic nitrogens is 1. The van der Waals surface area contributed by atoms with Gasteiger partial charge in [0, 0.05) is 28.2 Å². The van der Waals surface area contributed by atoms with Crippen molar-refractivity contribution in [3.8, 4) is 11.1 Å².